The molecule has 0 atom stereocenters. The molecule has 1 amide bonds. The van der Waals surface area contributed by atoms with Crippen molar-refractivity contribution in [3.8, 4) is 17.2 Å². The van der Waals surface area contributed by atoms with E-state index >= 15 is 0 Å². The first kappa shape index (κ1) is 19.4. The van der Waals surface area contributed by atoms with Crippen LogP contribution in [-0.2, 0) is 17.8 Å². The number of ether oxygens (including phenoxy) is 3. The fourth-order valence-electron chi connectivity index (χ4n) is 2.41. The molecule has 0 aliphatic rings. The van der Waals surface area contributed by atoms with E-state index in [1.54, 1.807) is 13.2 Å². The molecule has 0 saturated heterocycles. The van der Waals surface area contributed by atoms with E-state index in [1.165, 1.54) is 0 Å². The van der Waals surface area contributed by atoms with Gasteiger partial charge in [-0.15, -0.1) is 6.58 Å². The summed E-state index contributed by atoms with van der Waals surface area (Å²) in [4.78, 5) is 12.0. The predicted octanol–water partition coefficient (Wildman–Crippen LogP) is 3.52. The van der Waals surface area contributed by atoms with Crippen molar-refractivity contribution in [1.29, 1.82) is 0 Å². The number of hydrogen-bond donors (Lipinski definition) is 1. The quantitative estimate of drug-likeness (QED) is 0.663. The molecule has 0 saturated carbocycles. The van der Waals surface area contributed by atoms with Gasteiger partial charge in [0.1, 0.15) is 17.2 Å². The molecule has 0 aliphatic heterocycles. The second-order valence-corrected chi connectivity index (χ2v) is 5.61. The van der Waals surface area contributed by atoms with Crippen molar-refractivity contribution >= 4 is 5.91 Å². The van der Waals surface area contributed by atoms with E-state index < -0.39 is 0 Å². The van der Waals surface area contributed by atoms with Crippen LogP contribution in [0, 0.1) is 0 Å². The number of allylic oxidation sites excluding steroid dienone is 1. The van der Waals surface area contributed by atoms with Gasteiger partial charge in [0.05, 0.1) is 13.7 Å². The molecule has 138 valence electrons. The molecule has 1 N–H and O–H groups in total. The minimum atomic E-state index is -0.181. The number of amides is 1. The third-order valence-corrected chi connectivity index (χ3v) is 3.71. The Kier molecular flexibility index (Phi) is 7.55. The van der Waals surface area contributed by atoms with E-state index in [0.29, 0.717) is 25.3 Å². The second kappa shape index (κ2) is 10.1. The third kappa shape index (κ3) is 5.84. The van der Waals surface area contributed by atoms with Crippen LogP contribution in [0.15, 0.2) is 55.1 Å². The lowest BCUT2D eigenvalue weighted by Crippen LogP contribution is -2.28. The van der Waals surface area contributed by atoms with Crippen molar-refractivity contribution in [2.75, 3.05) is 20.3 Å². The maximum atomic E-state index is 12.0. The van der Waals surface area contributed by atoms with Gasteiger partial charge in [0.25, 0.3) is 5.91 Å². The van der Waals surface area contributed by atoms with Crippen LogP contribution >= 0.6 is 0 Å². The van der Waals surface area contributed by atoms with Crippen LogP contribution in [0.1, 0.15) is 18.1 Å². The first-order valence-corrected chi connectivity index (χ1v) is 8.55. The van der Waals surface area contributed by atoms with E-state index in [9.17, 15) is 4.79 Å². The molecule has 0 heterocycles. The predicted molar refractivity (Wildman–Crippen MR) is 102 cm³/mol. The van der Waals surface area contributed by atoms with Gasteiger partial charge in [-0.3, -0.25) is 4.79 Å². The van der Waals surface area contributed by atoms with E-state index in [2.05, 4.69) is 11.9 Å². The lowest BCUT2D eigenvalue weighted by atomic mass is 10.1. The summed E-state index contributed by atoms with van der Waals surface area (Å²) in [5, 5.41) is 2.84. The Morgan fingerprint density at radius 1 is 1.12 bits per heavy atom. The first-order chi connectivity index (χ1) is 12.7. The van der Waals surface area contributed by atoms with Gasteiger partial charge in [-0.25, -0.2) is 0 Å². The van der Waals surface area contributed by atoms with Crippen molar-refractivity contribution in [3.63, 3.8) is 0 Å². The molecule has 0 aromatic heterocycles. The lowest BCUT2D eigenvalue weighted by molar-refractivity contribution is -0.123. The largest absolute Gasteiger partial charge is 0.497 e. The monoisotopic (exact) mass is 355 g/mol. The Balaban J connectivity index is 1.88. The fraction of sp³-hybridized carbons (Fsp3) is 0.286. The lowest BCUT2D eigenvalue weighted by Gasteiger charge is -2.13. The maximum Gasteiger partial charge on any atom is 0.258 e. The number of rotatable bonds is 10. The zero-order valence-corrected chi connectivity index (χ0v) is 15.3. The van der Waals surface area contributed by atoms with Gasteiger partial charge >= 0.3 is 0 Å². The van der Waals surface area contributed by atoms with Gasteiger partial charge in [-0.05, 0) is 49.2 Å². The zero-order chi connectivity index (χ0) is 18.8. The number of benzene rings is 2. The standard InChI is InChI=1S/C21H25NO4/c1-4-6-17-13-19(25-5-2)11-12-20(17)26-15-21(23)22-14-16-7-9-18(24-3)10-8-16/h4,7-13H,1,5-6,14-15H2,2-3H3,(H,22,23). The molecule has 5 nitrogen and oxygen atoms in total. The summed E-state index contributed by atoms with van der Waals surface area (Å²) in [6.07, 6.45) is 2.44. The normalized spacial score (nSPS) is 10.1. The highest BCUT2D eigenvalue weighted by Gasteiger charge is 2.08. The minimum Gasteiger partial charge on any atom is -0.497 e. The Labute approximate surface area is 154 Å². The van der Waals surface area contributed by atoms with Crippen molar-refractivity contribution in [3.05, 3.63) is 66.2 Å². The Bertz CT molecular complexity index is 725. The molecule has 0 bridgehead atoms. The molecule has 5 heteroatoms. The topological polar surface area (TPSA) is 56.8 Å². The van der Waals surface area contributed by atoms with Gasteiger partial charge in [-0.2, -0.15) is 0 Å². The van der Waals surface area contributed by atoms with Crippen LogP contribution in [0.2, 0.25) is 0 Å². The molecule has 0 unspecified atom stereocenters. The number of hydrogen-bond acceptors (Lipinski definition) is 4. The van der Waals surface area contributed by atoms with Gasteiger partial charge in [0.15, 0.2) is 6.61 Å². The molecule has 0 fully saturated rings. The summed E-state index contributed by atoms with van der Waals surface area (Å²) in [7, 11) is 1.62. The molecule has 0 radical (unpaired) electrons. The second-order valence-electron chi connectivity index (χ2n) is 5.61. The van der Waals surface area contributed by atoms with Gasteiger partial charge in [0, 0.05) is 12.1 Å². The van der Waals surface area contributed by atoms with Crippen molar-refractivity contribution in [2.24, 2.45) is 0 Å². The van der Waals surface area contributed by atoms with Crippen LogP contribution in [0.25, 0.3) is 0 Å². The zero-order valence-electron chi connectivity index (χ0n) is 15.3. The highest BCUT2D eigenvalue weighted by Crippen LogP contribution is 2.25. The van der Waals surface area contributed by atoms with Crippen LogP contribution in [-0.4, -0.2) is 26.2 Å². The Hall–Kier alpha value is -2.95. The summed E-state index contributed by atoms with van der Waals surface area (Å²) in [6.45, 7) is 6.68. The summed E-state index contributed by atoms with van der Waals surface area (Å²) < 4.78 is 16.3. The first-order valence-electron chi connectivity index (χ1n) is 8.55. The van der Waals surface area contributed by atoms with E-state index in [4.69, 9.17) is 14.2 Å². The summed E-state index contributed by atoms with van der Waals surface area (Å²) in [5.41, 5.74) is 1.93. The third-order valence-electron chi connectivity index (χ3n) is 3.71. The van der Waals surface area contributed by atoms with Gasteiger partial charge in [-0.1, -0.05) is 18.2 Å². The van der Waals surface area contributed by atoms with E-state index in [0.717, 1.165) is 22.6 Å². The summed E-state index contributed by atoms with van der Waals surface area (Å²) >= 11 is 0. The molecular formula is C21H25NO4. The Morgan fingerprint density at radius 3 is 2.50 bits per heavy atom. The van der Waals surface area contributed by atoms with Crippen LogP contribution < -0.4 is 19.5 Å². The number of carbonyl (C=O) groups excluding carboxylic acids is 1. The van der Waals surface area contributed by atoms with Crippen molar-refractivity contribution in [2.45, 2.75) is 19.9 Å². The van der Waals surface area contributed by atoms with E-state index in [-0.39, 0.29) is 12.5 Å². The average molecular weight is 355 g/mol. The average Bonchev–Trinajstić information content (AvgIpc) is 2.66. The van der Waals surface area contributed by atoms with E-state index in [1.807, 2.05) is 49.4 Å². The van der Waals surface area contributed by atoms with Crippen LogP contribution in [0.4, 0.5) is 0 Å². The smallest absolute Gasteiger partial charge is 0.258 e. The molecule has 2 aromatic carbocycles. The van der Waals surface area contributed by atoms with Gasteiger partial charge in [0.2, 0.25) is 0 Å². The summed E-state index contributed by atoms with van der Waals surface area (Å²) in [5.74, 6) is 2.04. The summed E-state index contributed by atoms with van der Waals surface area (Å²) in [6, 6.07) is 13.1. The molecule has 0 spiro atoms. The maximum absolute atomic E-state index is 12.0. The van der Waals surface area contributed by atoms with Crippen LogP contribution in [0.3, 0.4) is 0 Å². The Morgan fingerprint density at radius 2 is 1.85 bits per heavy atom. The van der Waals surface area contributed by atoms with Crippen molar-refractivity contribution in [1.82, 2.24) is 5.32 Å². The molecule has 0 aliphatic carbocycles. The molecule has 26 heavy (non-hydrogen) atoms. The highest BCUT2D eigenvalue weighted by molar-refractivity contribution is 5.77. The fourth-order valence-corrected chi connectivity index (χ4v) is 2.41. The SMILES string of the molecule is C=CCc1cc(OCC)ccc1OCC(=O)NCc1ccc(OC)cc1. The highest BCUT2D eigenvalue weighted by atomic mass is 16.5. The van der Waals surface area contributed by atoms with Crippen LogP contribution in [0.5, 0.6) is 17.2 Å². The minimum absolute atomic E-state index is 0.0473. The van der Waals surface area contributed by atoms with Gasteiger partial charge < -0.3 is 19.5 Å². The molecular weight excluding hydrogens is 330 g/mol. The van der Waals surface area contributed by atoms with Crippen molar-refractivity contribution < 1.29 is 19.0 Å². The number of nitrogens with one attached hydrogen (secondary N) is 1. The number of carbonyl (C=O) groups is 1. The molecule has 2 rings (SSSR count). The number of methoxy groups -OCH3 is 1. The molecule has 2 aromatic rings.